The lowest BCUT2D eigenvalue weighted by Gasteiger charge is -1.80. The van der Waals surface area contributed by atoms with Crippen molar-refractivity contribution in [3.05, 3.63) is 43.3 Å². The van der Waals surface area contributed by atoms with Gasteiger partial charge in [0, 0.05) is 0 Å². The van der Waals surface area contributed by atoms with E-state index >= 15 is 0 Å². The highest BCUT2D eigenvalue weighted by molar-refractivity contribution is 4.99. The highest BCUT2D eigenvalue weighted by Crippen LogP contribution is 1.82. The fourth-order valence-corrected chi connectivity index (χ4v) is 0.755. The van der Waals surface area contributed by atoms with Crippen LogP contribution >= 0.6 is 0 Å². The van der Waals surface area contributed by atoms with Crippen molar-refractivity contribution in [2.75, 3.05) is 11.5 Å². The van der Waals surface area contributed by atoms with E-state index in [1.165, 1.54) is 22.0 Å². The lowest BCUT2D eigenvalue weighted by molar-refractivity contribution is -0.732. The van der Waals surface area contributed by atoms with Crippen LogP contribution in [-0.4, -0.2) is 30.6 Å². The quantitative estimate of drug-likeness (QED) is 0.189. The number of hydrogen-bond acceptors (Lipinski definition) is 12. The second kappa shape index (κ2) is 8.89. The van der Waals surface area contributed by atoms with Crippen molar-refractivity contribution in [3.63, 3.8) is 0 Å². The van der Waals surface area contributed by atoms with E-state index in [9.17, 15) is 0 Å². The fraction of sp³-hybridized carbons (Fsp3) is 0. The van der Waals surface area contributed by atoms with Crippen molar-refractivity contribution in [1.82, 2.24) is 20.4 Å². The van der Waals surface area contributed by atoms with Crippen LogP contribution in [0.4, 0.5) is 11.9 Å². The molecule has 0 aliphatic rings. The molecule has 0 saturated heterocycles. The van der Waals surface area contributed by atoms with Crippen molar-refractivity contribution in [2.45, 2.75) is 0 Å². The Bertz CT molecular complexity index is 569. The van der Waals surface area contributed by atoms with Gasteiger partial charge in [0.2, 0.25) is 12.7 Å². The van der Waals surface area contributed by atoms with Crippen molar-refractivity contribution >= 4 is 11.9 Å². The summed E-state index contributed by atoms with van der Waals surface area (Å²) in [6, 6.07) is 0. The zero-order chi connectivity index (χ0) is 17.1. The second-order valence-electron chi connectivity index (χ2n) is 2.80. The molecule has 18 nitrogen and oxygen atoms in total. The molecule has 6 N–H and O–H groups in total. The molecule has 0 unspecified atom stereocenters. The molecular weight excluding hydrogens is 312 g/mol. The first-order valence-corrected chi connectivity index (χ1v) is 4.70. The van der Waals surface area contributed by atoms with Gasteiger partial charge >= 0.3 is 11.9 Å². The van der Waals surface area contributed by atoms with Crippen molar-refractivity contribution in [1.29, 1.82) is 0 Å². The highest BCUT2D eigenvalue weighted by atomic mass is 16.9. The second-order valence-corrected chi connectivity index (χ2v) is 2.80. The van der Waals surface area contributed by atoms with E-state index in [2.05, 4.69) is 30.8 Å². The molecule has 120 valence electrons. The maximum Gasteiger partial charge on any atom is 0.344 e. The standard InChI is InChI=1S/C4H6N10.2NO3/c5-3-9-7-1-13(3)11-12-14-2-8-10-4(14)6;2*2-1(3)4/h1-2H,(H4,5,6,9,10);;/q;2*-1/p+2/b12-11+;;. The Balaban J connectivity index is 0.000000464. The normalized spacial score (nSPS) is 9.27. The first-order chi connectivity index (χ1) is 10.2. The third-order valence-corrected chi connectivity index (χ3v) is 1.42. The van der Waals surface area contributed by atoms with E-state index in [4.69, 9.17) is 42.1 Å². The van der Waals surface area contributed by atoms with Crippen LogP contribution in [0.25, 0.3) is 0 Å². The Morgan fingerprint density at radius 1 is 0.909 bits per heavy atom. The van der Waals surface area contributed by atoms with E-state index in [0.717, 1.165) is 0 Å². The van der Waals surface area contributed by atoms with Gasteiger partial charge < -0.3 is 42.1 Å². The Labute approximate surface area is 118 Å². The molecular formula is C4H8N12O6. The number of rotatable bonds is 2. The zero-order valence-electron chi connectivity index (χ0n) is 10.3. The molecule has 0 aliphatic carbocycles. The summed E-state index contributed by atoms with van der Waals surface area (Å²) >= 11 is 0. The number of nitrogens with two attached hydrogens (primary N) is 2. The minimum absolute atomic E-state index is 0.261. The summed E-state index contributed by atoms with van der Waals surface area (Å²) in [6.07, 6.45) is 2.74. The minimum atomic E-state index is -1.75. The molecule has 2 aromatic rings. The van der Waals surface area contributed by atoms with Gasteiger partial charge in [-0.15, -0.1) is 0 Å². The molecule has 0 atom stereocenters. The summed E-state index contributed by atoms with van der Waals surface area (Å²) in [5.74, 6) is 0.521. The van der Waals surface area contributed by atoms with E-state index in [1.807, 2.05) is 0 Å². The molecule has 0 saturated carbocycles. The minimum Gasteiger partial charge on any atom is -0.356 e. The van der Waals surface area contributed by atoms with Crippen LogP contribution in [0.5, 0.6) is 0 Å². The number of anilines is 2. The number of H-pyrrole nitrogens is 2. The van der Waals surface area contributed by atoms with Crippen LogP contribution in [0.3, 0.4) is 0 Å². The molecule has 2 heterocycles. The van der Waals surface area contributed by atoms with Gasteiger partial charge in [-0.05, 0) is 10.2 Å². The molecule has 0 aromatic carbocycles. The van der Waals surface area contributed by atoms with Crippen LogP contribution in [0.1, 0.15) is 0 Å². The summed E-state index contributed by atoms with van der Waals surface area (Å²) in [5.41, 5.74) is 10.9. The number of aromatic amines is 2. The molecule has 18 heteroatoms. The topological polar surface area (TPSA) is 274 Å². The van der Waals surface area contributed by atoms with Gasteiger partial charge in [-0.2, -0.15) is 10.2 Å². The Hall–Kier alpha value is -4.12. The summed E-state index contributed by atoms with van der Waals surface area (Å²) in [4.78, 5) is 16.5. The first kappa shape index (κ1) is 17.9. The van der Waals surface area contributed by atoms with E-state index in [1.54, 1.807) is 0 Å². The molecule has 22 heavy (non-hydrogen) atoms. The van der Waals surface area contributed by atoms with Gasteiger partial charge in [0.1, 0.15) is 10.4 Å². The first-order valence-electron chi connectivity index (χ1n) is 4.70. The van der Waals surface area contributed by atoms with Gasteiger partial charge in [0.25, 0.3) is 0 Å². The molecule has 0 aliphatic heterocycles. The largest absolute Gasteiger partial charge is 0.356 e. The SMILES string of the molecule is Nc1[nH]nc[n+]1/N=N/[n+]1cn[nH]c1N.O=[N+]([O-])[O-].O=[N+]([O-])[O-]. The molecule has 0 fully saturated rings. The van der Waals surface area contributed by atoms with Gasteiger partial charge in [0.15, 0.2) is 0 Å². The average molecular weight is 320 g/mol. The summed E-state index contributed by atoms with van der Waals surface area (Å²) in [6.45, 7) is 0. The van der Waals surface area contributed by atoms with Crippen LogP contribution < -0.4 is 20.8 Å². The number of nitrogen functional groups attached to an aromatic ring is 2. The number of nitrogens with one attached hydrogen (secondary N) is 2. The van der Waals surface area contributed by atoms with Crippen LogP contribution in [-0.2, 0) is 0 Å². The van der Waals surface area contributed by atoms with E-state index < -0.39 is 10.2 Å². The van der Waals surface area contributed by atoms with Crippen LogP contribution in [0.2, 0.25) is 0 Å². The highest BCUT2D eigenvalue weighted by Gasteiger charge is 2.08. The van der Waals surface area contributed by atoms with Crippen molar-refractivity contribution in [2.24, 2.45) is 10.4 Å². The smallest absolute Gasteiger partial charge is 0.344 e. The Morgan fingerprint density at radius 3 is 1.36 bits per heavy atom. The van der Waals surface area contributed by atoms with Gasteiger partial charge in [0.05, 0.1) is 10.2 Å². The maximum atomic E-state index is 8.25. The maximum absolute atomic E-state index is 8.25. The third kappa shape index (κ3) is 8.06. The summed E-state index contributed by atoms with van der Waals surface area (Å²) < 4.78 is 2.50. The van der Waals surface area contributed by atoms with E-state index in [0.29, 0.717) is 0 Å². The van der Waals surface area contributed by atoms with Crippen molar-refractivity contribution < 1.29 is 19.5 Å². The average Bonchev–Trinajstić information content (AvgIpc) is 2.94. The fourth-order valence-electron chi connectivity index (χ4n) is 0.755. The molecule has 0 bridgehead atoms. The van der Waals surface area contributed by atoms with Crippen molar-refractivity contribution in [3.8, 4) is 0 Å². The monoisotopic (exact) mass is 320 g/mol. The van der Waals surface area contributed by atoms with Gasteiger partial charge in [-0.1, -0.05) is 9.35 Å². The van der Waals surface area contributed by atoms with Gasteiger partial charge in [-0.3, -0.25) is 0 Å². The molecule has 0 spiro atoms. The Kier molecular flexibility index (Phi) is 7.23. The number of aromatic nitrogens is 6. The summed E-state index contributed by atoms with van der Waals surface area (Å²) in [5, 5.41) is 49.2. The molecule has 0 radical (unpaired) electrons. The lowest BCUT2D eigenvalue weighted by atomic mass is 11.1. The molecule has 2 aromatic heterocycles. The van der Waals surface area contributed by atoms with E-state index in [-0.39, 0.29) is 11.9 Å². The third-order valence-electron chi connectivity index (χ3n) is 1.42. The predicted octanol–water partition coefficient (Wildman–Crippen LogP) is -2.93. The zero-order valence-corrected chi connectivity index (χ0v) is 10.3. The lowest BCUT2D eigenvalue weighted by Crippen LogP contribution is -2.34. The Morgan fingerprint density at radius 2 is 1.18 bits per heavy atom. The number of hydrogen-bond donors (Lipinski definition) is 4. The summed E-state index contributed by atoms with van der Waals surface area (Å²) in [7, 11) is 0. The van der Waals surface area contributed by atoms with Crippen LogP contribution in [0.15, 0.2) is 23.1 Å². The molecule has 0 amide bonds. The van der Waals surface area contributed by atoms with Gasteiger partial charge in [-0.25, -0.2) is 0 Å². The predicted molar refractivity (Wildman–Crippen MR) is 62.8 cm³/mol. The van der Waals surface area contributed by atoms with Crippen LogP contribution in [0, 0.1) is 30.6 Å². The molecule has 2 rings (SSSR count). The number of nitrogens with zero attached hydrogens (tertiary/aromatic N) is 8.